The highest BCUT2D eigenvalue weighted by Crippen LogP contribution is 2.27. The number of benzene rings is 2. The molecule has 0 bridgehead atoms. The second kappa shape index (κ2) is 9.92. The summed E-state index contributed by atoms with van der Waals surface area (Å²) < 4.78 is 15.2. The van der Waals surface area contributed by atoms with E-state index in [1.165, 1.54) is 12.1 Å². The van der Waals surface area contributed by atoms with Crippen LogP contribution in [-0.2, 0) is 0 Å². The lowest BCUT2D eigenvalue weighted by atomic mass is 9.99. The number of halogens is 1. The Hall–Kier alpha value is -3.58. The molecule has 2 heterocycles. The molecule has 0 spiro atoms. The zero-order valence-corrected chi connectivity index (χ0v) is 19.2. The van der Waals surface area contributed by atoms with Gasteiger partial charge in [-0.3, -0.25) is 9.20 Å². The Morgan fingerprint density at radius 2 is 1.73 bits per heavy atom. The molecule has 7 heteroatoms. The van der Waals surface area contributed by atoms with Gasteiger partial charge in [0.25, 0.3) is 5.91 Å². The first-order chi connectivity index (χ1) is 16.0. The molecule has 6 nitrogen and oxygen atoms in total. The summed E-state index contributed by atoms with van der Waals surface area (Å²) in [5, 5.41) is 11.5. The summed E-state index contributed by atoms with van der Waals surface area (Å²) in [4.78, 5) is 14.9. The molecule has 1 N–H and O–H groups in total. The molecular formula is C26H28FN5O. The Morgan fingerprint density at radius 3 is 2.42 bits per heavy atom. The van der Waals surface area contributed by atoms with Crippen molar-refractivity contribution < 1.29 is 9.18 Å². The number of hydrogen-bond acceptors (Lipinski definition) is 4. The number of likely N-dealkylation sites (N-methyl/N-ethyl adjacent to an activating group) is 1. The van der Waals surface area contributed by atoms with E-state index >= 15 is 0 Å². The van der Waals surface area contributed by atoms with Crippen LogP contribution in [0.15, 0.2) is 60.8 Å². The Balaban J connectivity index is 1.56. The fourth-order valence-electron chi connectivity index (χ4n) is 3.94. The zero-order chi connectivity index (χ0) is 23.4. The highest BCUT2D eigenvalue weighted by Gasteiger charge is 2.12. The van der Waals surface area contributed by atoms with E-state index in [0.717, 1.165) is 41.9 Å². The number of carbonyl (C=O) groups is 1. The van der Waals surface area contributed by atoms with Crippen molar-refractivity contribution in [3.05, 3.63) is 77.7 Å². The van der Waals surface area contributed by atoms with E-state index in [9.17, 15) is 9.18 Å². The number of nitrogens with one attached hydrogen (secondary N) is 1. The van der Waals surface area contributed by atoms with Gasteiger partial charge < -0.3 is 10.2 Å². The summed E-state index contributed by atoms with van der Waals surface area (Å²) in [5.74, 6) is 0.291. The van der Waals surface area contributed by atoms with Gasteiger partial charge in [0.05, 0.1) is 0 Å². The molecule has 1 amide bonds. The molecule has 33 heavy (non-hydrogen) atoms. The minimum absolute atomic E-state index is 0.0651. The highest BCUT2D eigenvalue weighted by molar-refractivity contribution is 5.95. The second-order valence-corrected chi connectivity index (χ2v) is 7.99. The smallest absolute Gasteiger partial charge is 0.251 e. The number of amides is 1. The molecule has 0 unspecified atom stereocenters. The minimum atomic E-state index is -0.291. The van der Waals surface area contributed by atoms with Gasteiger partial charge in [0, 0.05) is 30.4 Å². The number of carbonyl (C=O) groups excluding carboxylic acids is 1. The average molecular weight is 446 g/mol. The molecule has 0 aliphatic carbocycles. The van der Waals surface area contributed by atoms with E-state index in [4.69, 9.17) is 0 Å². The SMILES string of the molecule is CCN(CC)CCNC(=O)c1ccc(-c2ccc3nnc(-c4ccc(F)cc4)n3c2)c(C)c1. The van der Waals surface area contributed by atoms with E-state index in [2.05, 4.69) is 34.3 Å². The molecule has 0 aliphatic rings. The van der Waals surface area contributed by atoms with Crippen LogP contribution in [0, 0.1) is 12.7 Å². The van der Waals surface area contributed by atoms with Gasteiger partial charge in [0.2, 0.25) is 0 Å². The molecule has 4 rings (SSSR count). The monoisotopic (exact) mass is 445 g/mol. The van der Waals surface area contributed by atoms with Gasteiger partial charge in [0.1, 0.15) is 5.82 Å². The summed E-state index contributed by atoms with van der Waals surface area (Å²) in [6, 6.07) is 15.8. The summed E-state index contributed by atoms with van der Waals surface area (Å²) in [5.41, 5.74) is 5.15. The van der Waals surface area contributed by atoms with Crippen molar-refractivity contribution in [1.82, 2.24) is 24.8 Å². The van der Waals surface area contributed by atoms with Crippen molar-refractivity contribution in [3.63, 3.8) is 0 Å². The second-order valence-electron chi connectivity index (χ2n) is 7.99. The van der Waals surface area contributed by atoms with E-state index in [0.29, 0.717) is 23.6 Å². The lowest BCUT2D eigenvalue weighted by Crippen LogP contribution is -2.34. The quantitative estimate of drug-likeness (QED) is 0.431. The normalized spacial score (nSPS) is 11.3. The van der Waals surface area contributed by atoms with Crippen molar-refractivity contribution in [1.29, 1.82) is 0 Å². The van der Waals surface area contributed by atoms with Crippen LogP contribution in [0.1, 0.15) is 29.8 Å². The number of pyridine rings is 1. The van der Waals surface area contributed by atoms with Gasteiger partial charge in [-0.1, -0.05) is 19.9 Å². The molecule has 0 atom stereocenters. The zero-order valence-electron chi connectivity index (χ0n) is 19.2. The van der Waals surface area contributed by atoms with Gasteiger partial charge in [-0.05, 0) is 85.2 Å². The first-order valence-corrected chi connectivity index (χ1v) is 11.2. The molecule has 0 saturated heterocycles. The van der Waals surface area contributed by atoms with Crippen LogP contribution in [0.4, 0.5) is 4.39 Å². The van der Waals surface area contributed by atoms with Crippen molar-refractivity contribution in [2.75, 3.05) is 26.2 Å². The van der Waals surface area contributed by atoms with E-state index in [1.807, 2.05) is 47.9 Å². The van der Waals surface area contributed by atoms with Crippen LogP contribution in [0.3, 0.4) is 0 Å². The summed E-state index contributed by atoms with van der Waals surface area (Å²) in [6.07, 6.45) is 1.97. The van der Waals surface area contributed by atoms with Gasteiger partial charge in [0.15, 0.2) is 11.5 Å². The lowest BCUT2D eigenvalue weighted by molar-refractivity contribution is 0.0949. The topological polar surface area (TPSA) is 62.5 Å². The van der Waals surface area contributed by atoms with E-state index < -0.39 is 0 Å². The van der Waals surface area contributed by atoms with Crippen LogP contribution in [0.2, 0.25) is 0 Å². The maximum atomic E-state index is 13.3. The number of fused-ring (bicyclic) bond motifs is 1. The molecule has 0 aliphatic heterocycles. The first kappa shape index (κ1) is 22.6. The number of rotatable bonds is 8. The molecule has 2 aromatic carbocycles. The average Bonchev–Trinajstić information content (AvgIpc) is 3.25. The Bertz CT molecular complexity index is 1260. The number of aryl methyl sites for hydroxylation is 1. The predicted molar refractivity (Wildman–Crippen MR) is 129 cm³/mol. The van der Waals surface area contributed by atoms with Crippen LogP contribution in [0.25, 0.3) is 28.2 Å². The molecule has 4 aromatic rings. The summed E-state index contributed by atoms with van der Waals surface area (Å²) in [7, 11) is 0. The third-order valence-electron chi connectivity index (χ3n) is 5.91. The maximum Gasteiger partial charge on any atom is 0.251 e. The third kappa shape index (κ3) is 4.93. The van der Waals surface area contributed by atoms with Crippen LogP contribution < -0.4 is 5.32 Å². The molecule has 0 saturated carbocycles. The van der Waals surface area contributed by atoms with E-state index in [-0.39, 0.29) is 11.7 Å². The maximum absolute atomic E-state index is 13.3. The summed E-state index contributed by atoms with van der Waals surface area (Å²) in [6.45, 7) is 9.64. The third-order valence-corrected chi connectivity index (χ3v) is 5.91. The predicted octanol–water partition coefficient (Wildman–Crippen LogP) is 4.58. The number of aromatic nitrogens is 3. The molecule has 0 fully saturated rings. The highest BCUT2D eigenvalue weighted by atomic mass is 19.1. The van der Waals surface area contributed by atoms with Crippen molar-refractivity contribution in [2.24, 2.45) is 0 Å². The van der Waals surface area contributed by atoms with Gasteiger partial charge in [-0.25, -0.2) is 4.39 Å². The van der Waals surface area contributed by atoms with Gasteiger partial charge in [-0.15, -0.1) is 10.2 Å². The molecule has 2 aromatic heterocycles. The first-order valence-electron chi connectivity index (χ1n) is 11.2. The van der Waals surface area contributed by atoms with Crippen LogP contribution in [-0.4, -0.2) is 51.6 Å². The van der Waals surface area contributed by atoms with Crippen LogP contribution >= 0.6 is 0 Å². The van der Waals surface area contributed by atoms with Crippen molar-refractivity contribution >= 4 is 11.6 Å². The fourth-order valence-corrected chi connectivity index (χ4v) is 3.94. The molecule has 0 radical (unpaired) electrons. The number of nitrogens with zero attached hydrogens (tertiary/aromatic N) is 4. The lowest BCUT2D eigenvalue weighted by Gasteiger charge is -2.18. The van der Waals surface area contributed by atoms with E-state index in [1.54, 1.807) is 12.1 Å². The molecule has 170 valence electrons. The standard InChI is InChI=1S/C26H28FN5O/c1-4-31(5-2)15-14-28-26(33)20-8-12-23(18(3)16-20)21-9-13-24-29-30-25(32(24)17-21)19-6-10-22(27)11-7-19/h6-13,16-17H,4-5,14-15H2,1-3H3,(H,28,33). The minimum Gasteiger partial charge on any atom is -0.351 e. The Kier molecular flexibility index (Phi) is 6.79. The fraction of sp³-hybridized carbons (Fsp3) is 0.269. The largest absolute Gasteiger partial charge is 0.351 e. The Morgan fingerprint density at radius 1 is 1.00 bits per heavy atom. The summed E-state index contributed by atoms with van der Waals surface area (Å²) >= 11 is 0. The Labute approximate surface area is 193 Å². The van der Waals surface area contributed by atoms with Crippen LogP contribution in [0.5, 0.6) is 0 Å². The van der Waals surface area contributed by atoms with Gasteiger partial charge in [-0.2, -0.15) is 0 Å². The number of hydrogen-bond donors (Lipinski definition) is 1. The van der Waals surface area contributed by atoms with Crippen molar-refractivity contribution in [2.45, 2.75) is 20.8 Å². The van der Waals surface area contributed by atoms with Crippen molar-refractivity contribution in [3.8, 4) is 22.5 Å². The van der Waals surface area contributed by atoms with Gasteiger partial charge >= 0.3 is 0 Å². The molecular weight excluding hydrogens is 417 g/mol.